The van der Waals surface area contributed by atoms with Gasteiger partial charge in [-0.15, -0.1) is 0 Å². The zero-order valence-electron chi connectivity index (χ0n) is 9.92. The number of halogens is 3. The number of nitriles is 1. The Labute approximate surface area is 103 Å². The van der Waals surface area contributed by atoms with Crippen LogP contribution in [0.15, 0.2) is 0 Å². The van der Waals surface area contributed by atoms with Crippen LogP contribution in [0.1, 0.15) is 13.3 Å². The molecule has 0 aliphatic carbocycles. The minimum Gasteiger partial charge on any atom is -0.330 e. The van der Waals surface area contributed by atoms with E-state index in [1.54, 1.807) is 6.92 Å². The lowest BCUT2D eigenvalue weighted by molar-refractivity contribution is -0.154. The lowest BCUT2D eigenvalue weighted by atomic mass is 9.84. The molecule has 3 N–H and O–H groups in total. The van der Waals surface area contributed by atoms with Gasteiger partial charge in [0.05, 0.1) is 11.5 Å². The third-order valence-corrected chi connectivity index (χ3v) is 2.78. The fourth-order valence-corrected chi connectivity index (χ4v) is 1.74. The Morgan fingerprint density at radius 2 is 2.17 bits per heavy atom. The van der Waals surface area contributed by atoms with Crippen molar-refractivity contribution in [3.63, 3.8) is 0 Å². The average Bonchev–Trinajstić information content (AvgIpc) is 2.22. The Hall–Kier alpha value is -1.49. The zero-order chi connectivity index (χ0) is 14.0. The molecule has 1 atom stereocenters. The second-order valence-electron chi connectivity index (χ2n) is 4.65. The van der Waals surface area contributed by atoms with Crippen molar-refractivity contribution in [1.82, 2.24) is 10.2 Å². The Morgan fingerprint density at radius 1 is 1.61 bits per heavy atom. The highest BCUT2D eigenvalue weighted by atomic mass is 19.4. The highest BCUT2D eigenvalue weighted by Crippen LogP contribution is 2.29. The predicted octanol–water partition coefficient (Wildman–Crippen LogP) is 0.821. The SMILES string of the molecule is CC1(C#N)CN(C(=O)NC(CCN)C(F)(F)F)C1. The maximum Gasteiger partial charge on any atom is 0.408 e. The van der Waals surface area contributed by atoms with Gasteiger partial charge in [0.15, 0.2) is 0 Å². The monoisotopic (exact) mass is 264 g/mol. The van der Waals surface area contributed by atoms with E-state index in [1.165, 1.54) is 4.90 Å². The number of amides is 2. The number of nitrogens with zero attached hydrogens (tertiary/aromatic N) is 2. The lowest BCUT2D eigenvalue weighted by Gasteiger charge is -2.43. The number of alkyl halides is 3. The molecule has 1 fully saturated rings. The molecule has 0 bridgehead atoms. The Balaban J connectivity index is 2.52. The highest BCUT2D eigenvalue weighted by molar-refractivity contribution is 5.76. The van der Waals surface area contributed by atoms with Gasteiger partial charge in [0.25, 0.3) is 0 Å². The van der Waals surface area contributed by atoms with Gasteiger partial charge in [0.1, 0.15) is 6.04 Å². The zero-order valence-corrected chi connectivity index (χ0v) is 9.92. The van der Waals surface area contributed by atoms with Gasteiger partial charge in [-0.25, -0.2) is 4.79 Å². The molecule has 1 saturated heterocycles. The van der Waals surface area contributed by atoms with Crippen molar-refractivity contribution in [1.29, 1.82) is 5.26 Å². The van der Waals surface area contributed by atoms with E-state index in [9.17, 15) is 18.0 Å². The summed E-state index contributed by atoms with van der Waals surface area (Å²) in [5.41, 5.74) is 4.43. The summed E-state index contributed by atoms with van der Waals surface area (Å²) in [5.74, 6) is 0. The standard InChI is InChI=1S/C10H15F3N4O/c1-9(4-15)5-17(6-9)8(18)16-7(2-3-14)10(11,12)13/h7H,2-3,5-6,14H2,1H3,(H,16,18). The van der Waals surface area contributed by atoms with Crippen LogP contribution >= 0.6 is 0 Å². The first-order valence-electron chi connectivity index (χ1n) is 5.45. The van der Waals surface area contributed by atoms with Gasteiger partial charge in [-0.05, 0) is 19.9 Å². The molecule has 0 aromatic heterocycles. The van der Waals surface area contributed by atoms with Gasteiger partial charge >= 0.3 is 12.2 Å². The van der Waals surface area contributed by atoms with Crippen LogP contribution in [-0.4, -0.2) is 42.8 Å². The Bertz CT molecular complexity index is 357. The van der Waals surface area contributed by atoms with E-state index in [1.807, 2.05) is 11.4 Å². The van der Waals surface area contributed by atoms with E-state index in [4.69, 9.17) is 11.0 Å². The molecule has 5 nitrogen and oxygen atoms in total. The molecule has 1 aliphatic rings. The molecule has 18 heavy (non-hydrogen) atoms. The number of rotatable bonds is 3. The van der Waals surface area contributed by atoms with Gasteiger partial charge in [-0.1, -0.05) is 0 Å². The molecule has 0 spiro atoms. The van der Waals surface area contributed by atoms with Gasteiger partial charge in [-0.2, -0.15) is 18.4 Å². The summed E-state index contributed by atoms with van der Waals surface area (Å²) in [6.45, 7) is 1.77. The number of hydrogen-bond donors (Lipinski definition) is 2. The molecule has 1 heterocycles. The Morgan fingerprint density at radius 3 is 2.56 bits per heavy atom. The summed E-state index contributed by atoms with van der Waals surface area (Å²) in [7, 11) is 0. The van der Waals surface area contributed by atoms with Crippen molar-refractivity contribution in [2.45, 2.75) is 25.6 Å². The first kappa shape index (κ1) is 14.6. The fraction of sp³-hybridized carbons (Fsp3) is 0.800. The molecule has 0 aromatic rings. The third kappa shape index (κ3) is 3.26. The molecule has 0 aromatic carbocycles. The number of likely N-dealkylation sites (tertiary alicyclic amines) is 1. The van der Waals surface area contributed by atoms with Crippen molar-refractivity contribution in [2.24, 2.45) is 11.1 Å². The summed E-state index contributed by atoms with van der Waals surface area (Å²) in [4.78, 5) is 12.7. The minimum absolute atomic E-state index is 0.141. The molecule has 1 rings (SSSR count). The quantitative estimate of drug-likeness (QED) is 0.791. The topological polar surface area (TPSA) is 82.2 Å². The maximum atomic E-state index is 12.5. The van der Waals surface area contributed by atoms with E-state index in [-0.39, 0.29) is 26.1 Å². The minimum atomic E-state index is -4.52. The van der Waals surface area contributed by atoms with Gasteiger partial charge in [0, 0.05) is 13.1 Å². The van der Waals surface area contributed by atoms with Crippen molar-refractivity contribution < 1.29 is 18.0 Å². The second-order valence-corrected chi connectivity index (χ2v) is 4.65. The molecule has 0 radical (unpaired) electrons. The highest BCUT2D eigenvalue weighted by Gasteiger charge is 2.45. The maximum absolute atomic E-state index is 12.5. The molecule has 8 heteroatoms. The van der Waals surface area contributed by atoms with Crippen LogP contribution < -0.4 is 11.1 Å². The number of hydrogen-bond acceptors (Lipinski definition) is 3. The van der Waals surface area contributed by atoms with Crippen LogP contribution in [0.2, 0.25) is 0 Å². The summed E-state index contributed by atoms with van der Waals surface area (Å²) in [5, 5.41) is 10.6. The summed E-state index contributed by atoms with van der Waals surface area (Å²) in [6, 6.07) is -0.740. The van der Waals surface area contributed by atoms with Crippen LogP contribution in [-0.2, 0) is 0 Å². The first-order chi connectivity index (χ1) is 8.22. The fourth-order valence-electron chi connectivity index (χ4n) is 1.74. The first-order valence-corrected chi connectivity index (χ1v) is 5.45. The number of urea groups is 1. The van der Waals surface area contributed by atoms with E-state index in [2.05, 4.69) is 0 Å². The summed E-state index contributed by atoms with van der Waals surface area (Å²) in [6.07, 6.45) is -4.88. The smallest absolute Gasteiger partial charge is 0.330 e. The molecule has 1 aliphatic heterocycles. The second kappa shape index (κ2) is 5.02. The molecule has 1 unspecified atom stereocenters. The summed E-state index contributed by atoms with van der Waals surface area (Å²) < 4.78 is 37.6. The van der Waals surface area contributed by atoms with Crippen molar-refractivity contribution in [2.75, 3.05) is 19.6 Å². The van der Waals surface area contributed by atoms with E-state index >= 15 is 0 Å². The van der Waals surface area contributed by atoms with Crippen molar-refractivity contribution in [3.8, 4) is 6.07 Å². The third-order valence-electron chi connectivity index (χ3n) is 2.78. The lowest BCUT2D eigenvalue weighted by Crippen LogP contribution is -2.61. The van der Waals surface area contributed by atoms with E-state index in [0.717, 1.165) is 0 Å². The molecular formula is C10H15F3N4O. The summed E-state index contributed by atoms with van der Waals surface area (Å²) >= 11 is 0. The van der Waals surface area contributed by atoms with Crippen LogP contribution in [0.5, 0.6) is 0 Å². The molecular weight excluding hydrogens is 249 g/mol. The van der Waals surface area contributed by atoms with Crippen LogP contribution in [0.3, 0.4) is 0 Å². The molecule has 0 saturated carbocycles. The van der Waals surface area contributed by atoms with Gasteiger partial charge in [0.2, 0.25) is 0 Å². The van der Waals surface area contributed by atoms with Crippen LogP contribution in [0.4, 0.5) is 18.0 Å². The normalized spacial score (nSPS) is 19.7. The molecule has 102 valence electrons. The van der Waals surface area contributed by atoms with Crippen molar-refractivity contribution in [3.05, 3.63) is 0 Å². The Kier molecular flexibility index (Phi) is 4.06. The van der Waals surface area contributed by atoms with Gasteiger partial charge in [-0.3, -0.25) is 0 Å². The van der Waals surface area contributed by atoms with Gasteiger partial charge < -0.3 is 16.0 Å². The van der Waals surface area contributed by atoms with Crippen molar-refractivity contribution >= 4 is 6.03 Å². The van der Waals surface area contributed by atoms with E-state index < -0.39 is 23.7 Å². The predicted molar refractivity (Wildman–Crippen MR) is 57.3 cm³/mol. The molecule has 2 amide bonds. The van der Waals surface area contributed by atoms with Crippen LogP contribution in [0, 0.1) is 16.7 Å². The number of carbonyl (C=O) groups excluding carboxylic acids is 1. The number of nitrogens with two attached hydrogens (primary N) is 1. The van der Waals surface area contributed by atoms with Crippen LogP contribution in [0.25, 0.3) is 0 Å². The number of carbonyl (C=O) groups is 1. The van der Waals surface area contributed by atoms with E-state index in [0.29, 0.717) is 0 Å². The average molecular weight is 264 g/mol. The number of nitrogens with one attached hydrogen (secondary N) is 1. The largest absolute Gasteiger partial charge is 0.408 e.